The van der Waals surface area contributed by atoms with Crippen LogP contribution in [0.4, 0.5) is 0 Å². The summed E-state index contributed by atoms with van der Waals surface area (Å²) >= 11 is 0. The van der Waals surface area contributed by atoms with Crippen LogP contribution in [0.5, 0.6) is 5.75 Å². The lowest BCUT2D eigenvalue weighted by Gasteiger charge is -2.17. The van der Waals surface area contributed by atoms with Gasteiger partial charge in [0.2, 0.25) is 0 Å². The summed E-state index contributed by atoms with van der Waals surface area (Å²) in [6, 6.07) is 17.4. The number of benzene rings is 2. The number of para-hydroxylation sites is 1. The van der Waals surface area contributed by atoms with E-state index in [0.29, 0.717) is 18.1 Å². The van der Waals surface area contributed by atoms with Gasteiger partial charge in [-0.25, -0.2) is 0 Å². The molecule has 2 aromatic rings. The molecule has 0 heterocycles. The van der Waals surface area contributed by atoms with E-state index in [1.807, 2.05) is 61.5 Å². The van der Waals surface area contributed by atoms with Crippen LogP contribution >= 0.6 is 0 Å². The van der Waals surface area contributed by atoms with Crippen molar-refractivity contribution in [2.24, 2.45) is 5.92 Å². The minimum absolute atomic E-state index is 0.0308. The fraction of sp³-hybridized carbons (Fsp3) is 0.316. The lowest BCUT2D eigenvalue weighted by molar-refractivity contribution is 0.0930. The zero-order valence-corrected chi connectivity index (χ0v) is 13.4. The third kappa shape index (κ3) is 4.62. The Morgan fingerprint density at radius 3 is 2.23 bits per heavy atom. The molecule has 0 saturated carbocycles. The number of rotatable bonds is 6. The summed E-state index contributed by atoms with van der Waals surface area (Å²) in [6.07, 6.45) is 0. The fourth-order valence-corrected chi connectivity index (χ4v) is 1.89. The smallest absolute Gasteiger partial charge is 0.251 e. The largest absolute Gasteiger partial charge is 0.489 e. The molecule has 1 atom stereocenters. The van der Waals surface area contributed by atoms with Gasteiger partial charge in [-0.05, 0) is 42.7 Å². The fourth-order valence-electron chi connectivity index (χ4n) is 1.89. The van der Waals surface area contributed by atoms with Crippen molar-refractivity contribution in [3.05, 3.63) is 65.7 Å². The lowest BCUT2D eigenvalue weighted by Crippen LogP contribution is -2.36. The maximum Gasteiger partial charge on any atom is 0.251 e. The van der Waals surface area contributed by atoms with Crippen LogP contribution in [0.1, 0.15) is 36.7 Å². The molecule has 2 aromatic carbocycles. The third-order valence-electron chi connectivity index (χ3n) is 3.72. The first-order valence-electron chi connectivity index (χ1n) is 7.64. The van der Waals surface area contributed by atoms with Gasteiger partial charge in [0.1, 0.15) is 12.4 Å². The highest BCUT2D eigenvalue weighted by Gasteiger charge is 2.12. The molecule has 22 heavy (non-hydrogen) atoms. The Hall–Kier alpha value is -2.29. The van der Waals surface area contributed by atoms with Crippen LogP contribution in [0, 0.1) is 5.92 Å². The summed E-state index contributed by atoms with van der Waals surface area (Å²) < 4.78 is 5.69. The second-order valence-electron chi connectivity index (χ2n) is 5.80. The number of ether oxygens (including phenoxy) is 1. The molecule has 116 valence electrons. The molecule has 2 rings (SSSR count). The van der Waals surface area contributed by atoms with Crippen LogP contribution in [-0.2, 0) is 6.61 Å². The Morgan fingerprint density at radius 2 is 1.64 bits per heavy atom. The van der Waals surface area contributed by atoms with Crippen molar-refractivity contribution in [1.82, 2.24) is 5.32 Å². The summed E-state index contributed by atoms with van der Waals surface area (Å²) in [7, 11) is 0. The summed E-state index contributed by atoms with van der Waals surface area (Å²) in [5, 5.41) is 3.00. The van der Waals surface area contributed by atoms with Crippen LogP contribution in [0.2, 0.25) is 0 Å². The van der Waals surface area contributed by atoms with E-state index >= 15 is 0 Å². The van der Waals surface area contributed by atoms with Gasteiger partial charge in [0.15, 0.2) is 0 Å². The number of hydrogen-bond donors (Lipinski definition) is 1. The number of carbonyl (C=O) groups is 1. The third-order valence-corrected chi connectivity index (χ3v) is 3.72. The minimum atomic E-state index is -0.0308. The molecule has 0 aliphatic carbocycles. The van der Waals surface area contributed by atoms with E-state index in [4.69, 9.17) is 4.74 Å². The lowest BCUT2D eigenvalue weighted by atomic mass is 10.1. The first kappa shape index (κ1) is 16.1. The Balaban J connectivity index is 1.91. The SMILES string of the molecule is CC(C)[C@H](C)NC(=O)c1ccc(COc2ccccc2)cc1. The van der Waals surface area contributed by atoms with Crippen molar-refractivity contribution in [3.63, 3.8) is 0 Å². The molecule has 1 amide bonds. The quantitative estimate of drug-likeness (QED) is 0.874. The van der Waals surface area contributed by atoms with E-state index in [0.717, 1.165) is 11.3 Å². The van der Waals surface area contributed by atoms with Crippen LogP contribution in [0.25, 0.3) is 0 Å². The van der Waals surface area contributed by atoms with E-state index in [1.165, 1.54) is 0 Å². The van der Waals surface area contributed by atoms with Crippen molar-refractivity contribution in [1.29, 1.82) is 0 Å². The summed E-state index contributed by atoms with van der Waals surface area (Å²) in [5.74, 6) is 1.23. The maximum absolute atomic E-state index is 12.1. The Labute approximate surface area is 132 Å². The topological polar surface area (TPSA) is 38.3 Å². The second kappa shape index (κ2) is 7.64. The Morgan fingerprint density at radius 1 is 1.00 bits per heavy atom. The molecule has 0 aromatic heterocycles. The molecule has 0 aliphatic rings. The molecule has 0 aliphatic heterocycles. The minimum Gasteiger partial charge on any atom is -0.489 e. The molecule has 0 spiro atoms. The molecule has 0 unspecified atom stereocenters. The molecule has 0 radical (unpaired) electrons. The first-order chi connectivity index (χ1) is 10.6. The molecule has 1 N–H and O–H groups in total. The predicted molar refractivity (Wildman–Crippen MR) is 89.0 cm³/mol. The zero-order chi connectivity index (χ0) is 15.9. The van der Waals surface area contributed by atoms with Crippen LogP contribution in [-0.4, -0.2) is 11.9 Å². The monoisotopic (exact) mass is 297 g/mol. The normalized spacial score (nSPS) is 12.0. The van der Waals surface area contributed by atoms with Crippen molar-refractivity contribution in [2.75, 3.05) is 0 Å². The Kier molecular flexibility index (Phi) is 5.59. The van der Waals surface area contributed by atoms with E-state index in [2.05, 4.69) is 19.2 Å². The number of amides is 1. The van der Waals surface area contributed by atoms with E-state index in [-0.39, 0.29) is 11.9 Å². The van der Waals surface area contributed by atoms with Crippen LogP contribution in [0.3, 0.4) is 0 Å². The summed E-state index contributed by atoms with van der Waals surface area (Å²) in [5.41, 5.74) is 1.72. The van der Waals surface area contributed by atoms with Crippen LogP contribution in [0.15, 0.2) is 54.6 Å². The number of carbonyl (C=O) groups excluding carboxylic acids is 1. The predicted octanol–water partition coefficient (Wildman–Crippen LogP) is 4.04. The highest BCUT2D eigenvalue weighted by atomic mass is 16.5. The number of hydrogen-bond acceptors (Lipinski definition) is 2. The molecule has 3 heteroatoms. The van der Waals surface area contributed by atoms with E-state index in [9.17, 15) is 4.79 Å². The highest BCUT2D eigenvalue weighted by molar-refractivity contribution is 5.94. The van der Waals surface area contributed by atoms with E-state index < -0.39 is 0 Å². The van der Waals surface area contributed by atoms with Crippen molar-refractivity contribution < 1.29 is 9.53 Å². The maximum atomic E-state index is 12.1. The van der Waals surface area contributed by atoms with Gasteiger partial charge in [0.25, 0.3) is 5.91 Å². The van der Waals surface area contributed by atoms with Gasteiger partial charge in [-0.2, -0.15) is 0 Å². The van der Waals surface area contributed by atoms with Crippen molar-refractivity contribution >= 4 is 5.91 Å². The van der Waals surface area contributed by atoms with Crippen molar-refractivity contribution in [2.45, 2.75) is 33.4 Å². The molecule has 3 nitrogen and oxygen atoms in total. The summed E-state index contributed by atoms with van der Waals surface area (Å²) in [4.78, 5) is 12.1. The number of nitrogens with one attached hydrogen (secondary N) is 1. The van der Waals surface area contributed by atoms with Gasteiger partial charge in [0, 0.05) is 11.6 Å². The molecular formula is C19H23NO2. The first-order valence-corrected chi connectivity index (χ1v) is 7.64. The molecule has 0 fully saturated rings. The van der Waals surface area contributed by atoms with Gasteiger partial charge in [-0.1, -0.05) is 44.2 Å². The van der Waals surface area contributed by atoms with Crippen molar-refractivity contribution in [3.8, 4) is 5.75 Å². The highest BCUT2D eigenvalue weighted by Crippen LogP contribution is 2.12. The van der Waals surface area contributed by atoms with Gasteiger partial charge in [0.05, 0.1) is 0 Å². The molecule has 0 saturated heterocycles. The average Bonchev–Trinajstić information content (AvgIpc) is 2.54. The average molecular weight is 297 g/mol. The second-order valence-corrected chi connectivity index (χ2v) is 5.80. The molecule has 0 bridgehead atoms. The van der Waals surface area contributed by atoms with Gasteiger partial charge in [-0.3, -0.25) is 4.79 Å². The Bertz CT molecular complexity index is 591. The standard InChI is InChI=1S/C19H23NO2/c1-14(2)15(3)20-19(21)17-11-9-16(10-12-17)13-22-18-7-5-4-6-8-18/h4-12,14-15H,13H2,1-3H3,(H,20,21)/t15-/m0/s1. The zero-order valence-electron chi connectivity index (χ0n) is 13.4. The van der Waals surface area contributed by atoms with Gasteiger partial charge in [-0.15, -0.1) is 0 Å². The van der Waals surface area contributed by atoms with E-state index in [1.54, 1.807) is 0 Å². The van der Waals surface area contributed by atoms with Crippen LogP contribution < -0.4 is 10.1 Å². The summed E-state index contributed by atoms with van der Waals surface area (Å²) in [6.45, 7) is 6.70. The van der Waals surface area contributed by atoms with Gasteiger partial charge < -0.3 is 10.1 Å². The van der Waals surface area contributed by atoms with Gasteiger partial charge >= 0.3 is 0 Å². The molecular weight excluding hydrogens is 274 g/mol.